The van der Waals surface area contributed by atoms with Crippen LogP contribution in [0.25, 0.3) is 32.8 Å². The summed E-state index contributed by atoms with van der Waals surface area (Å²) in [4.78, 5) is 11.8. The fourth-order valence-corrected chi connectivity index (χ4v) is 4.48. The van der Waals surface area contributed by atoms with Crippen LogP contribution in [-0.4, -0.2) is 17.1 Å². The van der Waals surface area contributed by atoms with Gasteiger partial charge in [-0.1, -0.05) is 54.6 Å². The van der Waals surface area contributed by atoms with Crippen LogP contribution in [0.3, 0.4) is 0 Å². The summed E-state index contributed by atoms with van der Waals surface area (Å²) in [5.41, 5.74) is 11.0. The maximum atomic E-state index is 11.8. The first-order valence-electron chi connectivity index (χ1n) is 11.2. The highest BCUT2D eigenvalue weighted by Crippen LogP contribution is 2.31. The van der Waals surface area contributed by atoms with E-state index in [-0.39, 0.29) is 12.3 Å². The number of fused-ring (bicyclic) bond motifs is 2. The zero-order valence-electron chi connectivity index (χ0n) is 18.6. The summed E-state index contributed by atoms with van der Waals surface area (Å²) >= 11 is 0. The molecule has 2 N–H and O–H groups in total. The molecule has 0 atom stereocenters. The third-order valence-electron chi connectivity index (χ3n) is 5.97. The molecule has 1 amide bonds. The second-order valence-corrected chi connectivity index (χ2v) is 8.30. The predicted molar refractivity (Wildman–Crippen MR) is 134 cm³/mol. The highest BCUT2D eigenvalue weighted by Gasteiger charge is 2.13. The first-order chi connectivity index (χ1) is 16.1. The second-order valence-electron chi connectivity index (χ2n) is 8.30. The third-order valence-corrected chi connectivity index (χ3v) is 5.97. The minimum absolute atomic E-state index is 0.212. The molecule has 33 heavy (non-hydrogen) atoms. The fraction of sp³-hybridized carbons (Fsp3) is 0.138. The Labute approximate surface area is 193 Å². The van der Waals surface area contributed by atoms with E-state index in [4.69, 9.17) is 10.5 Å². The molecular formula is C29H26N2O2. The van der Waals surface area contributed by atoms with Gasteiger partial charge in [0.05, 0.1) is 13.0 Å². The van der Waals surface area contributed by atoms with Crippen LogP contribution in [0.4, 0.5) is 0 Å². The molecule has 1 heterocycles. The van der Waals surface area contributed by atoms with Crippen molar-refractivity contribution in [3.8, 4) is 16.9 Å². The summed E-state index contributed by atoms with van der Waals surface area (Å²) in [6, 6.07) is 29.4. The molecule has 0 aliphatic rings. The normalized spacial score (nSPS) is 11.2. The summed E-state index contributed by atoms with van der Waals surface area (Å²) in [7, 11) is 0. The monoisotopic (exact) mass is 434 g/mol. The van der Waals surface area contributed by atoms with Crippen LogP contribution < -0.4 is 10.5 Å². The first-order valence-corrected chi connectivity index (χ1v) is 11.2. The number of nitrogens with two attached hydrogens (primary N) is 1. The summed E-state index contributed by atoms with van der Waals surface area (Å²) in [5, 5.41) is 3.50. The number of carbonyl (C=O) groups is 1. The molecule has 0 aliphatic heterocycles. The topological polar surface area (TPSA) is 57.2 Å². The zero-order valence-corrected chi connectivity index (χ0v) is 18.6. The number of hydrogen-bond donors (Lipinski definition) is 1. The van der Waals surface area contributed by atoms with Gasteiger partial charge in [0.2, 0.25) is 5.91 Å². The Balaban J connectivity index is 1.56. The fourth-order valence-electron chi connectivity index (χ4n) is 4.48. The van der Waals surface area contributed by atoms with Gasteiger partial charge in [0.15, 0.2) is 0 Å². The molecule has 0 saturated heterocycles. The maximum absolute atomic E-state index is 11.8. The lowest BCUT2D eigenvalue weighted by molar-refractivity contribution is -0.117. The van der Waals surface area contributed by atoms with E-state index >= 15 is 0 Å². The number of aromatic nitrogens is 1. The van der Waals surface area contributed by atoms with Crippen LogP contribution in [-0.2, 0) is 17.8 Å². The highest BCUT2D eigenvalue weighted by molar-refractivity contribution is 5.92. The number of hydrogen-bond acceptors (Lipinski definition) is 2. The Morgan fingerprint density at radius 3 is 2.52 bits per heavy atom. The van der Waals surface area contributed by atoms with Gasteiger partial charge in [-0.2, -0.15) is 0 Å². The predicted octanol–water partition coefficient (Wildman–Crippen LogP) is 5.94. The maximum Gasteiger partial charge on any atom is 0.221 e. The molecule has 5 aromatic rings. The van der Waals surface area contributed by atoms with Gasteiger partial charge in [-0.25, -0.2) is 0 Å². The quantitative estimate of drug-likeness (QED) is 0.345. The van der Waals surface area contributed by atoms with E-state index in [0.29, 0.717) is 6.61 Å². The van der Waals surface area contributed by atoms with Gasteiger partial charge in [-0.05, 0) is 70.3 Å². The van der Waals surface area contributed by atoms with Crippen molar-refractivity contribution in [3.05, 3.63) is 102 Å². The summed E-state index contributed by atoms with van der Waals surface area (Å²) in [5.74, 6) is 0.518. The van der Waals surface area contributed by atoms with Crippen LogP contribution in [0.2, 0.25) is 0 Å². The Kier molecular flexibility index (Phi) is 5.57. The van der Waals surface area contributed by atoms with E-state index in [1.165, 1.54) is 16.3 Å². The third kappa shape index (κ3) is 4.33. The van der Waals surface area contributed by atoms with E-state index in [9.17, 15) is 4.79 Å². The zero-order chi connectivity index (χ0) is 22.8. The van der Waals surface area contributed by atoms with Crippen LogP contribution >= 0.6 is 0 Å². The van der Waals surface area contributed by atoms with E-state index in [2.05, 4.69) is 77.5 Å². The first kappa shape index (κ1) is 20.8. The largest absolute Gasteiger partial charge is 0.494 e. The Morgan fingerprint density at radius 2 is 1.70 bits per heavy atom. The van der Waals surface area contributed by atoms with E-state index < -0.39 is 0 Å². The lowest BCUT2D eigenvalue weighted by Crippen LogP contribution is -2.13. The van der Waals surface area contributed by atoms with E-state index in [0.717, 1.165) is 39.9 Å². The van der Waals surface area contributed by atoms with Crippen molar-refractivity contribution in [1.29, 1.82) is 0 Å². The molecule has 4 aromatic carbocycles. The van der Waals surface area contributed by atoms with Crippen molar-refractivity contribution in [1.82, 2.24) is 4.57 Å². The number of benzene rings is 4. The van der Waals surface area contributed by atoms with Crippen LogP contribution in [0.5, 0.6) is 5.75 Å². The van der Waals surface area contributed by atoms with Gasteiger partial charge in [0, 0.05) is 23.6 Å². The SMILES string of the molecule is CCOc1cccc(-c2ccc3c(c2)c(CC(N)=O)cn3Cc2ccc3ccccc3c2)c1. The summed E-state index contributed by atoms with van der Waals surface area (Å²) in [6.07, 6.45) is 2.27. The Morgan fingerprint density at radius 1 is 0.879 bits per heavy atom. The molecule has 0 spiro atoms. The molecular weight excluding hydrogens is 408 g/mol. The molecule has 0 aliphatic carbocycles. The van der Waals surface area contributed by atoms with Gasteiger partial charge in [-0.15, -0.1) is 0 Å². The summed E-state index contributed by atoms with van der Waals surface area (Å²) < 4.78 is 7.87. The molecule has 0 bridgehead atoms. The van der Waals surface area contributed by atoms with Crippen LogP contribution in [0, 0.1) is 0 Å². The Bertz CT molecular complexity index is 1470. The molecule has 4 nitrogen and oxygen atoms in total. The van der Waals surface area contributed by atoms with Crippen LogP contribution in [0.1, 0.15) is 18.1 Å². The molecule has 0 radical (unpaired) electrons. The van der Waals surface area contributed by atoms with Gasteiger partial charge in [0.1, 0.15) is 5.75 Å². The van der Waals surface area contributed by atoms with Crippen molar-refractivity contribution in [2.45, 2.75) is 19.9 Å². The molecule has 0 unspecified atom stereocenters. The lowest BCUT2D eigenvalue weighted by Gasteiger charge is -2.09. The smallest absolute Gasteiger partial charge is 0.221 e. The standard InChI is InChI=1S/C29H26N2O2/c1-2-33-26-9-5-8-23(15-26)24-12-13-28-27(16-24)25(17-29(30)32)19-31(28)18-20-10-11-21-6-3-4-7-22(21)14-20/h3-16,19H,2,17-18H2,1H3,(H2,30,32). The average molecular weight is 435 g/mol. The average Bonchev–Trinajstić information content (AvgIpc) is 3.15. The molecule has 4 heteroatoms. The number of ether oxygens (including phenoxy) is 1. The van der Waals surface area contributed by atoms with Gasteiger partial charge >= 0.3 is 0 Å². The number of amides is 1. The van der Waals surface area contributed by atoms with Gasteiger partial charge in [0.25, 0.3) is 0 Å². The minimum Gasteiger partial charge on any atom is -0.494 e. The van der Waals surface area contributed by atoms with Crippen molar-refractivity contribution >= 4 is 27.6 Å². The number of rotatable bonds is 7. The number of primary amides is 1. The Hall–Kier alpha value is -4.05. The minimum atomic E-state index is -0.330. The molecule has 164 valence electrons. The van der Waals surface area contributed by atoms with Crippen molar-refractivity contribution in [2.75, 3.05) is 6.61 Å². The molecule has 0 fully saturated rings. The number of nitrogens with zero attached hydrogens (tertiary/aromatic N) is 1. The van der Waals surface area contributed by atoms with Gasteiger partial charge < -0.3 is 15.0 Å². The highest BCUT2D eigenvalue weighted by atomic mass is 16.5. The van der Waals surface area contributed by atoms with E-state index in [1.807, 2.05) is 25.1 Å². The summed E-state index contributed by atoms with van der Waals surface area (Å²) in [6.45, 7) is 3.33. The van der Waals surface area contributed by atoms with Crippen molar-refractivity contribution in [3.63, 3.8) is 0 Å². The van der Waals surface area contributed by atoms with E-state index in [1.54, 1.807) is 0 Å². The van der Waals surface area contributed by atoms with Crippen molar-refractivity contribution in [2.24, 2.45) is 5.73 Å². The molecule has 1 aromatic heterocycles. The molecule has 5 rings (SSSR count). The second kappa shape index (κ2) is 8.83. The lowest BCUT2D eigenvalue weighted by atomic mass is 10.0. The van der Waals surface area contributed by atoms with Crippen molar-refractivity contribution < 1.29 is 9.53 Å². The molecule has 0 saturated carbocycles. The van der Waals surface area contributed by atoms with Crippen LogP contribution in [0.15, 0.2) is 91.1 Å². The van der Waals surface area contributed by atoms with Gasteiger partial charge in [-0.3, -0.25) is 4.79 Å². The number of carbonyl (C=O) groups excluding carboxylic acids is 1.